The summed E-state index contributed by atoms with van der Waals surface area (Å²) in [7, 11) is 1.38. The summed E-state index contributed by atoms with van der Waals surface area (Å²) >= 11 is 2.18. The minimum absolute atomic E-state index is 0.0185. The topological polar surface area (TPSA) is 135 Å². The normalized spacial score (nSPS) is 17.2. The summed E-state index contributed by atoms with van der Waals surface area (Å²) in [6.07, 6.45) is 2.85. The Morgan fingerprint density at radius 1 is 0.939 bits per heavy atom. The molecule has 2 aliphatic carbocycles. The summed E-state index contributed by atoms with van der Waals surface area (Å²) in [5, 5.41) is 16.8. The van der Waals surface area contributed by atoms with Crippen molar-refractivity contribution in [3.63, 3.8) is 0 Å². The molecule has 2 N–H and O–H groups in total. The van der Waals surface area contributed by atoms with E-state index >= 15 is 0 Å². The number of hydrogen-bond donors (Lipinski definition) is 2. The van der Waals surface area contributed by atoms with Gasteiger partial charge in [0.15, 0.2) is 0 Å². The van der Waals surface area contributed by atoms with Crippen molar-refractivity contribution in [1.82, 2.24) is 0 Å². The van der Waals surface area contributed by atoms with E-state index in [1.54, 1.807) is 12.1 Å². The molecule has 0 bridgehead atoms. The van der Waals surface area contributed by atoms with E-state index in [-0.39, 0.29) is 29.9 Å². The number of methoxy groups -OCH3 is 1. The molecule has 0 radical (unpaired) electrons. The highest BCUT2D eigenvalue weighted by Crippen LogP contribution is 2.47. The zero-order valence-corrected chi connectivity index (χ0v) is 20.4. The lowest BCUT2D eigenvalue weighted by Gasteiger charge is -1.98. The lowest BCUT2D eigenvalue weighted by molar-refractivity contribution is -0.191. The van der Waals surface area contributed by atoms with Gasteiger partial charge in [-0.3, -0.25) is 9.59 Å². The molecule has 9 heteroatoms. The van der Waals surface area contributed by atoms with Gasteiger partial charge in [0.1, 0.15) is 0 Å². The summed E-state index contributed by atoms with van der Waals surface area (Å²) in [5.41, 5.74) is 2.97. The van der Waals surface area contributed by atoms with Gasteiger partial charge >= 0.3 is 24.1 Å². The van der Waals surface area contributed by atoms with E-state index in [0.717, 1.165) is 28.4 Å². The van der Waals surface area contributed by atoms with Crippen LogP contribution in [0.2, 0.25) is 0 Å². The lowest BCUT2D eigenvalue weighted by atomic mass is 10.1. The van der Waals surface area contributed by atoms with E-state index in [1.165, 1.54) is 12.7 Å². The van der Waals surface area contributed by atoms with Gasteiger partial charge < -0.3 is 14.9 Å². The molecule has 0 saturated heterocycles. The van der Waals surface area contributed by atoms with Gasteiger partial charge in [-0.15, -0.1) is 0 Å². The molecule has 2 aliphatic rings. The van der Waals surface area contributed by atoms with E-state index < -0.39 is 11.9 Å². The Morgan fingerprint density at radius 3 is 1.79 bits per heavy atom. The minimum Gasteiger partial charge on any atom is -0.481 e. The van der Waals surface area contributed by atoms with Crippen LogP contribution in [-0.4, -0.2) is 41.4 Å². The molecule has 4 rings (SSSR count). The molecule has 2 aromatic carbocycles. The average Bonchev–Trinajstić information content (AvgIpc) is 3.69. The highest BCUT2D eigenvalue weighted by molar-refractivity contribution is 14.1. The number of rotatable bonds is 4. The Hall–Kier alpha value is -3.04. The summed E-state index contributed by atoms with van der Waals surface area (Å²) in [6.45, 7) is 2.03. The van der Waals surface area contributed by atoms with Crippen LogP contribution >= 0.6 is 22.6 Å². The van der Waals surface area contributed by atoms with Crippen LogP contribution in [-0.2, 0) is 23.9 Å². The number of carbonyl (C=O) groups excluding carboxylic acids is 3. The average molecular weight is 568 g/mol. The predicted molar refractivity (Wildman–Crippen MR) is 126 cm³/mol. The first-order valence-corrected chi connectivity index (χ1v) is 11.1. The second-order valence-corrected chi connectivity index (χ2v) is 8.64. The van der Waals surface area contributed by atoms with Gasteiger partial charge in [-0.2, -0.15) is 9.59 Å². The fourth-order valence-corrected chi connectivity index (χ4v) is 3.04. The van der Waals surface area contributed by atoms with Gasteiger partial charge in [-0.25, -0.2) is 4.79 Å². The van der Waals surface area contributed by atoms with E-state index in [2.05, 4.69) is 27.3 Å². The predicted octanol–water partition coefficient (Wildman–Crippen LogP) is 4.16. The van der Waals surface area contributed by atoms with Crippen molar-refractivity contribution in [2.45, 2.75) is 32.1 Å². The smallest absolute Gasteiger partial charge is 0.373 e. The van der Waals surface area contributed by atoms with Crippen molar-refractivity contribution in [3.8, 4) is 0 Å². The molecular formula is C24H25IO8. The quantitative estimate of drug-likeness (QED) is 0.415. The molecule has 2 fully saturated rings. The largest absolute Gasteiger partial charge is 0.481 e. The van der Waals surface area contributed by atoms with Crippen LogP contribution in [0.15, 0.2) is 48.5 Å². The number of halogens is 1. The summed E-state index contributed by atoms with van der Waals surface area (Å²) in [6, 6.07) is 15.4. The Kier molecular flexibility index (Phi) is 12.0. The third-order valence-electron chi connectivity index (χ3n) is 4.81. The van der Waals surface area contributed by atoms with Gasteiger partial charge in [0.2, 0.25) is 0 Å². The van der Waals surface area contributed by atoms with Crippen LogP contribution in [0.5, 0.6) is 0 Å². The van der Waals surface area contributed by atoms with Gasteiger partial charge in [0, 0.05) is 3.57 Å². The zero-order chi connectivity index (χ0) is 25.0. The van der Waals surface area contributed by atoms with E-state index in [9.17, 15) is 14.4 Å². The maximum absolute atomic E-state index is 10.9. The minimum atomic E-state index is -0.662. The van der Waals surface area contributed by atoms with Gasteiger partial charge in [-0.05, 0) is 84.5 Å². The van der Waals surface area contributed by atoms with Gasteiger partial charge in [0.25, 0.3) is 0 Å². The van der Waals surface area contributed by atoms with Crippen molar-refractivity contribution in [2.24, 2.45) is 11.8 Å². The number of benzene rings is 2. The molecular weight excluding hydrogens is 543 g/mol. The van der Waals surface area contributed by atoms with E-state index in [4.69, 9.17) is 19.8 Å². The van der Waals surface area contributed by atoms with Crippen LogP contribution in [0, 0.1) is 22.3 Å². The SMILES string of the molecule is COC(=O)c1ccc(I)cc1.Cc1ccc([C@H]2C[C@H]2C(=O)O)cc1.O=C(O)C1CC1.O=C=O. The number of esters is 1. The molecule has 2 atom stereocenters. The number of aryl methyl sites for hydroxylation is 1. The fraction of sp³-hybridized carbons (Fsp3) is 0.333. The second kappa shape index (κ2) is 14.2. The first kappa shape index (κ1) is 28.0. The molecule has 8 nitrogen and oxygen atoms in total. The van der Waals surface area contributed by atoms with Crippen molar-refractivity contribution >= 4 is 46.7 Å². The zero-order valence-electron chi connectivity index (χ0n) is 18.2. The molecule has 2 aromatic rings. The van der Waals surface area contributed by atoms with Gasteiger partial charge in [-0.1, -0.05) is 29.8 Å². The van der Waals surface area contributed by atoms with Crippen LogP contribution in [0.4, 0.5) is 0 Å². The second-order valence-electron chi connectivity index (χ2n) is 7.39. The number of ether oxygens (including phenoxy) is 1. The van der Waals surface area contributed by atoms with Crippen LogP contribution < -0.4 is 0 Å². The molecule has 0 aliphatic heterocycles. The van der Waals surface area contributed by atoms with Crippen LogP contribution in [0.1, 0.15) is 46.7 Å². The maximum Gasteiger partial charge on any atom is 0.373 e. The molecule has 0 amide bonds. The summed E-state index contributed by atoms with van der Waals surface area (Å²) in [5.74, 6) is -1.44. The number of aliphatic carboxylic acids is 2. The summed E-state index contributed by atoms with van der Waals surface area (Å²) in [4.78, 5) is 47.5. The molecule has 2 saturated carbocycles. The van der Waals surface area contributed by atoms with E-state index in [0.29, 0.717) is 5.56 Å². The Morgan fingerprint density at radius 2 is 1.45 bits per heavy atom. The number of carboxylic acid groups (broad SMARTS) is 2. The Bertz CT molecular complexity index is 959. The summed E-state index contributed by atoms with van der Waals surface area (Å²) < 4.78 is 5.64. The Balaban J connectivity index is 0.000000246. The molecule has 0 aromatic heterocycles. The van der Waals surface area contributed by atoms with E-state index in [1.807, 2.05) is 43.3 Å². The first-order chi connectivity index (χ1) is 15.6. The highest BCUT2D eigenvalue weighted by atomic mass is 127. The van der Waals surface area contributed by atoms with Crippen LogP contribution in [0.25, 0.3) is 0 Å². The standard InChI is InChI=1S/C11H12O2.C8H7IO2.C4H6O2.CO2/c1-7-2-4-8(5-3-7)9-6-10(9)11(12)13;1-11-8(10)6-2-4-7(9)5-3-6;5-4(6)3-1-2-3;2-1-3/h2-5,9-10H,6H2,1H3,(H,12,13);2-5H,1H3;3H,1-2H2,(H,5,6);/t9-,10-;;;/m1.../s1. The molecule has 0 spiro atoms. The van der Waals surface area contributed by atoms with Gasteiger partial charge in [0.05, 0.1) is 24.5 Å². The lowest BCUT2D eigenvalue weighted by Crippen LogP contribution is -2.00. The fourth-order valence-electron chi connectivity index (χ4n) is 2.68. The monoisotopic (exact) mass is 568 g/mol. The van der Waals surface area contributed by atoms with Crippen molar-refractivity contribution < 1.29 is 38.9 Å². The van der Waals surface area contributed by atoms with Crippen molar-refractivity contribution in [1.29, 1.82) is 0 Å². The van der Waals surface area contributed by atoms with Crippen molar-refractivity contribution in [2.75, 3.05) is 7.11 Å². The third kappa shape index (κ3) is 10.9. The Labute approximate surface area is 205 Å². The first-order valence-electron chi connectivity index (χ1n) is 9.99. The highest BCUT2D eigenvalue weighted by Gasteiger charge is 2.43. The third-order valence-corrected chi connectivity index (χ3v) is 5.52. The molecule has 0 heterocycles. The molecule has 176 valence electrons. The van der Waals surface area contributed by atoms with Crippen LogP contribution in [0.3, 0.4) is 0 Å². The molecule has 33 heavy (non-hydrogen) atoms. The maximum atomic E-state index is 10.9. The molecule has 0 unspecified atom stereocenters. The van der Waals surface area contributed by atoms with Crippen molar-refractivity contribution in [3.05, 3.63) is 68.8 Å². The number of carboxylic acids is 2. The number of carbonyl (C=O) groups is 3. The number of hydrogen-bond acceptors (Lipinski definition) is 6.